The zero-order valence-electron chi connectivity index (χ0n) is 11.9. The number of hydrogen-bond acceptors (Lipinski definition) is 3. The van der Waals surface area contributed by atoms with Crippen LogP contribution in [0.5, 0.6) is 5.75 Å². The number of methoxy groups -OCH3 is 1. The number of nitrogens with zero attached hydrogens (tertiary/aromatic N) is 1. The highest BCUT2D eigenvalue weighted by Crippen LogP contribution is 2.28. The van der Waals surface area contributed by atoms with Crippen LogP contribution in [0.1, 0.15) is 29.8 Å². The number of aryl methyl sites for hydroxylation is 2. The van der Waals surface area contributed by atoms with Crippen molar-refractivity contribution in [1.29, 1.82) is 0 Å². The van der Waals surface area contributed by atoms with Crippen LogP contribution in [0.4, 0.5) is 5.69 Å². The van der Waals surface area contributed by atoms with Gasteiger partial charge in [-0.25, -0.2) is 0 Å². The number of benzene rings is 1. The smallest absolute Gasteiger partial charge is 0.124 e. The van der Waals surface area contributed by atoms with Gasteiger partial charge in [0.15, 0.2) is 0 Å². The van der Waals surface area contributed by atoms with E-state index in [4.69, 9.17) is 4.74 Å². The molecule has 19 heavy (non-hydrogen) atoms. The van der Waals surface area contributed by atoms with E-state index in [2.05, 4.69) is 42.3 Å². The summed E-state index contributed by atoms with van der Waals surface area (Å²) in [6.45, 7) is 6.16. The topological polar surface area (TPSA) is 34.1 Å². The Balaban J connectivity index is 2.19. The van der Waals surface area contributed by atoms with E-state index in [1.165, 1.54) is 5.56 Å². The molecule has 0 aliphatic rings. The number of hydrogen-bond donors (Lipinski definition) is 1. The molecular formula is C16H20N2O. The van der Waals surface area contributed by atoms with Crippen molar-refractivity contribution in [2.45, 2.75) is 26.8 Å². The van der Waals surface area contributed by atoms with Gasteiger partial charge in [0.25, 0.3) is 0 Å². The highest BCUT2D eigenvalue weighted by molar-refractivity contribution is 5.47. The summed E-state index contributed by atoms with van der Waals surface area (Å²) in [6.07, 6.45) is 1.85. The van der Waals surface area contributed by atoms with Crippen LogP contribution in [-0.2, 0) is 0 Å². The second-order valence-corrected chi connectivity index (χ2v) is 4.80. The molecule has 0 aliphatic heterocycles. The summed E-state index contributed by atoms with van der Waals surface area (Å²) < 4.78 is 5.45. The van der Waals surface area contributed by atoms with Crippen molar-refractivity contribution in [1.82, 2.24) is 4.98 Å². The highest BCUT2D eigenvalue weighted by Gasteiger charge is 2.11. The third-order valence-electron chi connectivity index (χ3n) is 3.15. The molecule has 100 valence electrons. The minimum absolute atomic E-state index is 0.167. The number of aromatic nitrogens is 1. The van der Waals surface area contributed by atoms with Crippen LogP contribution in [0.15, 0.2) is 36.5 Å². The van der Waals surface area contributed by atoms with E-state index >= 15 is 0 Å². The summed E-state index contributed by atoms with van der Waals surface area (Å²) in [5, 5.41) is 3.44. The third-order valence-corrected chi connectivity index (χ3v) is 3.15. The van der Waals surface area contributed by atoms with E-state index in [-0.39, 0.29) is 6.04 Å². The lowest BCUT2D eigenvalue weighted by Crippen LogP contribution is -2.08. The highest BCUT2D eigenvalue weighted by atomic mass is 16.5. The van der Waals surface area contributed by atoms with Crippen molar-refractivity contribution < 1.29 is 4.74 Å². The van der Waals surface area contributed by atoms with Crippen molar-refractivity contribution in [2.24, 2.45) is 0 Å². The number of anilines is 1. The summed E-state index contributed by atoms with van der Waals surface area (Å²) in [5.41, 5.74) is 4.38. The Morgan fingerprint density at radius 2 is 1.95 bits per heavy atom. The fraction of sp³-hybridized carbons (Fsp3) is 0.312. The molecule has 1 aromatic heterocycles. The molecule has 0 saturated carbocycles. The molecule has 0 fully saturated rings. The molecule has 3 nitrogen and oxygen atoms in total. The molecule has 1 aromatic carbocycles. The first-order valence-electron chi connectivity index (χ1n) is 6.44. The molecule has 0 bridgehead atoms. The first kappa shape index (κ1) is 13.4. The van der Waals surface area contributed by atoms with Crippen LogP contribution in [0.2, 0.25) is 0 Å². The molecule has 1 heterocycles. The number of rotatable bonds is 4. The third kappa shape index (κ3) is 3.25. The van der Waals surface area contributed by atoms with E-state index in [0.29, 0.717) is 0 Å². The summed E-state index contributed by atoms with van der Waals surface area (Å²) in [6, 6.07) is 10.5. The molecule has 0 saturated heterocycles. The second kappa shape index (κ2) is 5.74. The number of nitrogens with one attached hydrogen (secondary N) is 1. The Labute approximate surface area is 114 Å². The van der Waals surface area contributed by atoms with Gasteiger partial charge < -0.3 is 10.1 Å². The molecule has 1 atom stereocenters. The Morgan fingerprint density at radius 1 is 1.16 bits per heavy atom. The molecule has 2 aromatic rings. The first-order chi connectivity index (χ1) is 9.10. The fourth-order valence-electron chi connectivity index (χ4n) is 2.06. The average Bonchev–Trinajstić information content (AvgIpc) is 2.41. The van der Waals surface area contributed by atoms with Gasteiger partial charge in [0.05, 0.1) is 25.0 Å². The van der Waals surface area contributed by atoms with Crippen molar-refractivity contribution in [3.8, 4) is 5.75 Å². The van der Waals surface area contributed by atoms with Crippen molar-refractivity contribution >= 4 is 5.69 Å². The predicted molar refractivity (Wildman–Crippen MR) is 78.7 cm³/mol. The summed E-state index contributed by atoms with van der Waals surface area (Å²) in [7, 11) is 1.71. The molecule has 1 unspecified atom stereocenters. The van der Waals surface area contributed by atoms with Crippen molar-refractivity contribution in [2.75, 3.05) is 12.4 Å². The molecule has 0 radical (unpaired) electrons. The van der Waals surface area contributed by atoms with Gasteiger partial charge in [0, 0.05) is 11.3 Å². The number of ether oxygens (including phenoxy) is 1. The zero-order valence-corrected chi connectivity index (χ0v) is 11.9. The van der Waals surface area contributed by atoms with E-state index < -0.39 is 0 Å². The molecule has 1 N–H and O–H groups in total. The summed E-state index contributed by atoms with van der Waals surface area (Å²) in [4.78, 5) is 4.29. The predicted octanol–water partition coefficient (Wildman–Crippen LogP) is 3.88. The fourth-order valence-corrected chi connectivity index (χ4v) is 2.06. The van der Waals surface area contributed by atoms with Gasteiger partial charge in [-0.1, -0.05) is 12.1 Å². The molecule has 0 spiro atoms. The van der Waals surface area contributed by atoms with E-state index in [1.807, 2.05) is 25.3 Å². The lowest BCUT2D eigenvalue weighted by atomic mass is 10.0. The minimum atomic E-state index is 0.167. The standard InChI is InChI=1S/C16H20N2O/c1-11-5-8-15(16(9-11)19-4)13(3)18-14-7-6-12(2)17-10-14/h5-10,13,18H,1-4H3. The minimum Gasteiger partial charge on any atom is -0.496 e. The monoisotopic (exact) mass is 256 g/mol. The van der Waals surface area contributed by atoms with Gasteiger partial charge in [-0.2, -0.15) is 0 Å². The molecule has 3 heteroatoms. The van der Waals surface area contributed by atoms with Crippen LogP contribution < -0.4 is 10.1 Å². The van der Waals surface area contributed by atoms with Crippen molar-refractivity contribution in [3.63, 3.8) is 0 Å². The Hall–Kier alpha value is -2.03. The first-order valence-corrected chi connectivity index (χ1v) is 6.44. The van der Waals surface area contributed by atoms with Crippen LogP contribution in [-0.4, -0.2) is 12.1 Å². The Bertz CT molecular complexity index is 549. The SMILES string of the molecule is COc1cc(C)ccc1C(C)Nc1ccc(C)nc1. The van der Waals surface area contributed by atoms with Crippen LogP contribution in [0.3, 0.4) is 0 Å². The average molecular weight is 256 g/mol. The summed E-state index contributed by atoms with van der Waals surface area (Å²) in [5.74, 6) is 0.917. The van der Waals surface area contributed by atoms with Crippen LogP contribution >= 0.6 is 0 Å². The van der Waals surface area contributed by atoms with Gasteiger partial charge in [0.2, 0.25) is 0 Å². The number of pyridine rings is 1. The molecule has 0 amide bonds. The molecular weight excluding hydrogens is 236 g/mol. The van der Waals surface area contributed by atoms with Gasteiger partial charge in [0.1, 0.15) is 5.75 Å². The maximum absolute atomic E-state index is 5.45. The van der Waals surface area contributed by atoms with E-state index in [1.54, 1.807) is 7.11 Å². The lowest BCUT2D eigenvalue weighted by Gasteiger charge is -2.18. The van der Waals surface area contributed by atoms with Crippen LogP contribution in [0, 0.1) is 13.8 Å². The zero-order chi connectivity index (χ0) is 13.8. The maximum Gasteiger partial charge on any atom is 0.124 e. The van der Waals surface area contributed by atoms with Crippen molar-refractivity contribution in [3.05, 3.63) is 53.3 Å². The van der Waals surface area contributed by atoms with Gasteiger partial charge >= 0.3 is 0 Å². The maximum atomic E-state index is 5.45. The Morgan fingerprint density at radius 3 is 2.58 bits per heavy atom. The van der Waals surface area contributed by atoms with Gasteiger partial charge in [-0.15, -0.1) is 0 Å². The van der Waals surface area contributed by atoms with Gasteiger partial charge in [-0.3, -0.25) is 4.98 Å². The lowest BCUT2D eigenvalue weighted by molar-refractivity contribution is 0.407. The largest absolute Gasteiger partial charge is 0.496 e. The van der Waals surface area contributed by atoms with Gasteiger partial charge in [-0.05, 0) is 44.5 Å². The summed E-state index contributed by atoms with van der Waals surface area (Å²) >= 11 is 0. The second-order valence-electron chi connectivity index (χ2n) is 4.80. The van der Waals surface area contributed by atoms with Crippen LogP contribution in [0.25, 0.3) is 0 Å². The van der Waals surface area contributed by atoms with E-state index in [9.17, 15) is 0 Å². The molecule has 2 rings (SSSR count). The quantitative estimate of drug-likeness (QED) is 0.901. The molecule has 0 aliphatic carbocycles. The Kier molecular flexibility index (Phi) is 4.05. The van der Waals surface area contributed by atoms with E-state index in [0.717, 1.165) is 22.7 Å². The normalized spacial score (nSPS) is 12.0.